The number of hydrogen-bond acceptors (Lipinski definition) is 4. The number of aryl methyl sites for hydroxylation is 3. The molecule has 0 fully saturated rings. The Kier molecular flexibility index (Phi) is 8.29. The van der Waals surface area contributed by atoms with Gasteiger partial charge in [0.2, 0.25) is 5.88 Å². The molecular weight excluding hydrogens is 385 g/mol. The van der Waals surface area contributed by atoms with Crippen LogP contribution in [-0.4, -0.2) is 46.6 Å². The van der Waals surface area contributed by atoms with Crippen molar-refractivity contribution in [3.8, 4) is 5.88 Å². The quantitative estimate of drug-likeness (QED) is 0.376. The van der Waals surface area contributed by atoms with Crippen molar-refractivity contribution in [2.45, 2.75) is 46.5 Å². The Balaban J connectivity index is 1.85. The second-order valence-corrected chi connectivity index (χ2v) is 6.53. The molecule has 2 N–H and O–H groups in total. The van der Waals surface area contributed by atoms with E-state index in [1.165, 1.54) is 12.3 Å². The van der Waals surface area contributed by atoms with Crippen LogP contribution in [-0.2, 0) is 13.1 Å². The minimum Gasteiger partial charge on any atom is -0.468 e. The summed E-state index contributed by atoms with van der Waals surface area (Å²) in [6, 6.07) is 5.19. The van der Waals surface area contributed by atoms with Crippen molar-refractivity contribution in [3.05, 3.63) is 41.3 Å². The molecule has 0 amide bonds. The SMILES string of the molecule is CCNC(=NCc1ccnc(OCC(F)(F)F)c1)NCCCn1nc(C)cc1C. The van der Waals surface area contributed by atoms with E-state index in [-0.39, 0.29) is 12.4 Å². The van der Waals surface area contributed by atoms with Crippen LogP contribution < -0.4 is 15.4 Å². The number of hydrogen-bond donors (Lipinski definition) is 2. The van der Waals surface area contributed by atoms with E-state index in [2.05, 4.69) is 30.4 Å². The minimum absolute atomic E-state index is 0.0714. The van der Waals surface area contributed by atoms with Gasteiger partial charge in [-0.15, -0.1) is 0 Å². The van der Waals surface area contributed by atoms with Gasteiger partial charge in [0.15, 0.2) is 12.6 Å². The van der Waals surface area contributed by atoms with Crippen LogP contribution in [0.3, 0.4) is 0 Å². The summed E-state index contributed by atoms with van der Waals surface area (Å²) in [5, 5.41) is 10.8. The number of nitrogens with zero attached hydrogens (tertiary/aromatic N) is 4. The standard InChI is InChI=1S/C19H27F3N6O/c1-4-23-18(25-7-5-9-28-15(3)10-14(2)27-28)26-12-16-6-8-24-17(11-16)29-13-19(20,21)22/h6,8,10-11H,4-5,7,9,12-13H2,1-3H3,(H2,23,25,26). The number of aliphatic imine (C=N–C) groups is 1. The fourth-order valence-corrected chi connectivity index (χ4v) is 2.63. The first-order valence-electron chi connectivity index (χ1n) is 9.44. The van der Waals surface area contributed by atoms with Crippen molar-refractivity contribution >= 4 is 5.96 Å². The predicted octanol–water partition coefficient (Wildman–Crippen LogP) is 2.98. The number of halogens is 3. The van der Waals surface area contributed by atoms with Crippen molar-refractivity contribution in [1.82, 2.24) is 25.4 Å². The molecule has 10 heteroatoms. The molecule has 0 saturated carbocycles. The highest BCUT2D eigenvalue weighted by atomic mass is 19.4. The van der Waals surface area contributed by atoms with Gasteiger partial charge in [-0.05, 0) is 44.9 Å². The Morgan fingerprint density at radius 1 is 1.24 bits per heavy atom. The van der Waals surface area contributed by atoms with E-state index in [1.807, 2.05) is 31.5 Å². The molecule has 2 rings (SSSR count). The fourth-order valence-electron chi connectivity index (χ4n) is 2.63. The number of alkyl halides is 3. The molecule has 0 aliphatic carbocycles. The van der Waals surface area contributed by atoms with Gasteiger partial charge in [0.25, 0.3) is 0 Å². The number of ether oxygens (including phenoxy) is 1. The van der Waals surface area contributed by atoms with E-state index in [4.69, 9.17) is 0 Å². The summed E-state index contributed by atoms with van der Waals surface area (Å²) in [5.41, 5.74) is 2.84. The molecular formula is C19H27F3N6O. The molecule has 0 bridgehead atoms. The summed E-state index contributed by atoms with van der Waals surface area (Å²) < 4.78 is 43.4. The lowest BCUT2D eigenvalue weighted by molar-refractivity contribution is -0.154. The lowest BCUT2D eigenvalue weighted by Crippen LogP contribution is -2.38. The molecule has 2 aromatic heterocycles. The average molecular weight is 412 g/mol. The topological polar surface area (TPSA) is 76.4 Å². The zero-order chi connectivity index (χ0) is 21.3. The third kappa shape index (κ3) is 8.41. The smallest absolute Gasteiger partial charge is 0.422 e. The van der Waals surface area contributed by atoms with Crippen LogP contribution in [0.25, 0.3) is 0 Å². The molecule has 0 atom stereocenters. The summed E-state index contributed by atoms with van der Waals surface area (Å²) >= 11 is 0. The zero-order valence-electron chi connectivity index (χ0n) is 16.9. The van der Waals surface area contributed by atoms with Gasteiger partial charge < -0.3 is 15.4 Å². The van der Waals surface area contributed by atoms with Crippen molar-refractivity contribution in [2.24, 2.45) is 4.99 Å². The summed E-state index contributed by atoms with van der Waals surface area (Å²) in [7, 11) is 0. The van der Waals surface area contributed by atoms with E-state index in [0.717, 1.165) is 24.4 Å². The first-order chi connectivity index (χ1) is 13.8. The summed E-state index contributed by atoms with van der Waals surface area (Å²) in [4.78, 5) is 8.26. The number of rotatable bonds is 9. The Morgan fingerprint density at radius 3 is 2.69 bits per heavy atom. The monoisotopic (exact) mass is 412 g/mol. The lowest BCUT2D eigenvalue weighted by atomic mass is 10.3. The van der Waals surface area contributed by atoms with E-state index in [9.17, 15) is 13.2 Å². The van der Waals surface area contributed by atoms with Crippen LogP contribution in [0.1, 0.15) is 30.3 Å². The van der Waals surface area contributed by atoms with Gasteiger partial charge in [0.05, 0.1) is 12.2 Å². The molecule has 0 aromatic carbocycles. The van der Waals surface area contributed by atoms with E-state index in [1.54, 1.807) is 6.07 Å². The Bertz CT molecular complexity index is 803. The number of guanidine groups is 1. The lowest BCUT2D eigenvalue weighted by Gasteiger charge is -2.12. The van der Waals surface area contributed by atoms with Gasteiger partial charge in [0.1, 0.15) is 0 Å². The predicted molar refractivity (Wildman–Crippen MR) is 105 cm³/mol. The number of aromatic nitrogens is 3. The first-order valence-corrected chi connectivity index (χ1v) is 9.44. The van der Waals surface area contributed by atoms with Crippen molar-refractivity contribution in [2.75, 3.05) is 19.7 Å². The van der Waals surface area contributed by atoms with Crippen LogP contribution in [0.2, 0.25) is 0 Å². The second kappa shape index (κ2) is 10.7. The molecule has 160 valence electrons. The van der Waals surface area contributed by atoms with E-state index >= 15 is 0 Å². The molecule has 0 aliphatic rings. The highest BCUT2D eigenvalue weighted by Crippen LogP contribution is 2.17. The second-order valence-electron chi connectivity index (χ2n) is 6.53. The Morgan fingerprint density at radius 2 is 2.03 bits per heavy atom. The molecule has 2 heterocycles. The Hall–Kier alpha value is -2.78. The molecule has 0 radical (unpaired) electrons. The van der Waals surface area contributed by atoms with Gasteiger partial charge in [-0.25, -0.2) is 9.98 Å². The van der Waals surface area contributed by atoms with E-state index in [0.29, 0.717) is 24.6 Å². The molecule has 2 aromatic rings. The summed E-state index contributed by atoms with van der Waals surface area (Å²) in [6.45, 7) is 7.08. The molecule has 0 unspecified atom stereocenters. The van der Waals surface area contributed by atoms with Crippen LogP contribution >= 0.6 is 0 Å². The number of nitrogens with one attached hydrogen (secondary N) is 2. The maximum absolute atomic E-state index is 12.3. The van der Waals surface area contributed by atoms with Crippen LogP contribution in [0.5, 0.6) is 5.88 Å². The van der Waals surface area contributed by atoms with Crippen LogP contribution in [0.4, 0.5) is 13.2 Å². The summed E-state index contributed by atoms with van der Waals surface area (Å²) in [5.74, 6) is 0.563. The third-order valence-electron chi connectivity index (χ3n) is 3.89. The zero-order valence-corrected chi connectivity index (χ0v) is 16.9. The number of pyridine rings is 1. The Labute approximate surface area is 168 Å². The van der Waals surface area contributed by atoms with Crippen molar-refractivity contribution in [3.63, 3.8) is 0 Å². The van der Waals surface area contributed by atoms with Gasteiger partial charge >= 0.3 is 6.18 Å². The van der Waals surface area contributed by atoms with Gasteiger partial charge in [0, 0.05) is 37.6 Å². The maximum Gasteiger partial charge on any atom is 0.422 e. The van der Waals surface area contributed by atoms with Crippen molar-refractivity contribution < 1.29 is 17.9 Å². The van der Waals surface area contributed by atoms with Crippen LogP contribution in [0.15, 0.2) is 29.4 Å². The maximum atomic E-state index is 12.3. The molecule has 0 saturated heterocycles. The third-order valence-corrected chi connectivity index (χ3v) is 3.89. The minimum atomic E-state index is -4.40. The van der Waals surface area contributed by atoms with Gasteiger partial charge in [-0.2, -0.15) is 18.3 Å². The first kappa shape index (κ1) is 22.5. The molecule has 7 nitrogen and oxygen atoms in total. The normalized spacial score (nSPS) is 12.1. The fraction of sp³-hybridized carbons (Fsp3) is 0.526. The van der Waals surface area contributed by atoms with Gasteiger partial charge in [-0.3, -0.25) is 4.68 Å². The average Bonchev–Trinajstić information content (AvgIpc) is 2.98. The van der Waals surface area contributed by atoms with Gasteiger partial charge in [-0.1, -0.05) is 0 Å². The molecule has 0 spiro atoms. The van der Waals surface area contributed by atoms with Crippen molar-refractivity contribution in [1.29, 1.82) is 0 Å². The van der Waals surface area contributed by atoms with Crippen LogP contribution in [0, 0.1) is 13.8 Å². The largest absolute Gasteiger partial charge is 0.468 e. The molecule has 29 heavy (non-hydrogen) atoms. The highest BCUT2D eigenvalue weighted by molar-refractivity contribution is 5.79. The van der Waals surface area contributed by atoms with E-state index < -0.39 is 12.8 Å². The highest BCUT2D eigenvalue weighted by Gasteiger charge is 2.28. The summed E-state index contributed by atoms with van der Waals surface area (Å²) in [6.07, 6.45) is -2.12. The molecule has 0 aliphatic heterocycles.